The van der Waals surface area contributed by atoms with Crippen LogP contribution in [0.15, 0.2) is 30.3 Å². The molecule has 0 radical (unpaired) electrons. The monoisotopic (exact) mass is 303 g/mol. The predicted molar refractivity (Wildman–Crippen MR) is 81.4 cm³/mol. The molecule has 0 spiro atoms. The van der Waals surface area contributed by atoms with Gasteiger partial charge in [-0.05, 0) is 24.8 Å². The fraction of sp³-hybridized carbons (Fsp3) is 0.438. The Morgan fingerprint density at radius 3 is 2.55 bits per heavy atom. The molecule has 118 valence electrons. The van der Waals surface area contributed by atoms with Crippen molar-refractivity contribution >= 4 is 11.8 Å². The van der Waals surface area contributed by atoms with Gasteiger partial charge in [-0.25, -0.2) is 0 Å². The summed E-state index contributed by atoms with van der Waals surface area (Å²) in [4.78, 5) is 23.7. The molecule has 0 heterocycles. The largest absolute Gasteiger partial charge is 0.368 e. The van der Waals surface area contributed by atoms with Gasteiger partial charge in [-0.3, -0.25) is 9.59 Å². The lowest BCUT2D eigenvalue weighted by molar-refractivity contribution is -0.135. The molecule has 2 atom stereocenters. The number of methoxy groups -OCH3 is 1. The minimum atomic E-state index is -0.790. The lowest BCUT2D eigenvalue weighted by atomic mass is 10.1. The number of nitriles is 1. The molecule has 1 aromatic rings. The number of rotatable bonds is 9. The Labute approximate surface area is 130 Å². The van der Waals surface area contributed by atoms with Crippen LogP contribution in [0.3, 0.4) is 0 Å². The Bertz CT molecular complexity index is 525. The van der Waals surface area contributed by atoms with E-state index in [1.165, 1.54) is 7.11 Å². The highest BCUT2D eigenvalue weighted by atomic mass is 16.5. The predicted octanol–water partition coefficient (Wildman–Crippen LogP) is 1.43. The van der Waals surface area contributed by atoms with E-state index < -0.39 is 24.0 Å². The normalized spacial score (nSPS) is 12.9. The van der Waals surface area contributed by atoms with Gasteiger partial charge in [-0.1, -0.05) is 30.3 Å². The quantitative estimate of drug-likeness (QED) is 0.673. The molecule has 6 heteroatoms. The fourth-order valence-corrected chi connectivity index (χ4v) is 2.11. The summed E-state index contributed by atoms with van der Waals surface area (Å²) in [5.41, 5.74) is 6.02. The van der Waals surface area contributed by atoms with Crippen molar-refractivity contribution in [2.24, 2.45) is 5.73 Å². The molecule has 0 fully saturated rings. The number of carbonyl (C=O) groups excluding carboxylic acids is 2. The number of primary amides is 1. The molecule has 0 saturated carbocycles. The van der Waals surface area contributed by atoms with Crippen LogP contribution in [-0.4, -0.2) is 25.0 Å². The first-order valence-corrected chi connectivity index (χ1v) is 7.14. The SMILES string of the molecule is CO[C@@H](C(=O)N[C@@H](CCCCC#N)C(N)=O)c1ccccc1. The van der Waals surface area contributed by atoms with Gasteiger partial charge in [0, 0.05) is 13.5 Å². The zero-order chi connectivity index (χ0) is 16.4. The van der Waals surface area contributed by atoms with Gasteiger partial charge in [-0.15, -0.1) is 0 Å². The van der Waals surface area contributed by atoms with E-state index in [1.54, 1.807) is 12.1 Å². The molecular weight excluding hydrogens is 282 g/mol. The number of hydrogen-bond acceptors (Lipinski definition) is 4. The number of amides is 2. The fourth-order valence-electron chi connectivity index (χ4n) is 2.11. The third kappa shape index (κ3) is 5.54. The van der Waals surface area contributed by atoms with Gasteiger partial charge in [0.15, 0.2) is 6.10 Å². The summed E-state index contributed by atoms with van der Waals surface area (Å²) in [7, 11) is 1.43. The summed E-state index contributed by atoms with van der Waals surface area (Å²) in [5.74, 6) is -0.994. The number of carbonyl (C=O) groups is 2. The number of nitrogens with one attached hydrogen (secondary N) is 1. The van der Waals surface area contributed by atoms with Crippen LogP contribution in [0.1, 0.15) is 37.4 Å². The molecule has 22 heavy (non-hydrogen) atoms. The van der Waals surface area contributed by atoms with Crippen LogP contribution in [0.4, 0.5) is 0 Å². The highest BCUT2D eigenvalue weighted by Crippen LogP contribution is 2.17. The maximum absolute atomic E-state index is 12.3. The summed E-state index contributed by atoms with van der Waals surface area (Å²) >= 11 is 0. The van der Waals surface area contributed by atoms with E-state index in [1.807, 2.05) is 24.3 Å². The van der Waals surface area contributed by atoms with Crippen molar-refractivity contribution < 1.29 is 14.3 Å². The summed E-state index contributed by atoms with van der Waals surface area (Å²) in [6, 6.07) is 10.3. The molecule has 0 aliphatic heterocycles. The Balaban J connectivity index is 2.65. The Kier molecular flexibility index (Phi) is 7.65. The summed E-state index contributed by atoms with van der Waals surface area (Å²) in [6.07, 6.45) is 1.35. The minimum absolute atomic E-state index is 0.405. The maximum atomic E-state index is 12.3. The maximum Gasteiger partial charge on any atom is 0.254 e. The molecule has 0 aliphatic rings. The standard InChI is InChI=1S/C16H21N3O3/c1-22-14(12-8-4-2-5-9-12)16(21)19-13(15(18)20)10-6-3-7-11-17/h2,4-5,8-9,13-14H,3,6-7,10H2,1H3,(H2,18,20)(H,19,21)/t13-,14+/m0/s1. The lowest BCUT2D eigenvalue weighted by Gasteiger charge is -2.20. The zero-order valence-electron chi connectivity index (χ0n) is 12.6. The molecule has 0 unspecified atom stereocenters. The summed E-state index contributed by atoms with van der Waals surface area (Å²) in [5, 5.41) is 11.1. The van der Waals surface area contributed by atoms with E-state index >= 15 is 0 Å². The highest BCUT2D eigenvalue weighted by molar-refractivity contribution is 5.89. The smallest absolute Gasteiger partial charge is 0.254 e. The van der Waals surface area contributed by atoms with Gasteiger partial charge >= 0.3 is 0 Å². The minimum Gasteiger partial charge on any atom is -0.368 e. The number of hydrogen-bond donors (Lipinski definition) is 2. The second-order valence-electron chi connectivity index (χ2n) is 4.89. The van der Waals surface area contributed by atoms with Crippen molar-refractivity contribution in [3.63, 3.8) is 0 Å². The number of ether oxygens (including phenoxy) is 1. The first-order valence-electron chi connectivity index (χ1n) is 7.14. The second-order valence-corrected chi connectivity index (χ2v) is 4.89. The summed E-state index contributed by atoms with van der Waals surface area (Å²) in [6.45, 7) is 0. The third-order valence-electron chi connectivity index (χ3n) is 3.27. The van der Waals surface area contributed by atoms with Crippen LogP contribution in [0.2, 0.25) is 0 Å². The van der Waals surface area contributed by atoms with E-state index in [0.717, 1.165) is 0 Å². The number of nitrogens with two attached hydrogens (primary N) is 1. The molecule has 2 amide bonds. The van der Waals surface area contributed by atoms with Gasteiger partial charge in [0.25, 0.3) is 5.91 Å². The Morgan fingerprint density at radius 2 is 2.00 bits per heavy atom. The number of nitrogens with zero attached hydrogens (tertiary/aromatic N) is 1. The Morgan fingerprint density at radius 1 is 1.32 bits per heavy atom. The van der Waals surface area contributed by atoms with Gasteiger partial charge in [0.1, 0.15) is 6.04 Å². The van der Waals surface area contributed by atoms with Gasteiger partial charge in [0.2, 0.25) is 5.91 Å². The van der Waals surface area contributed by atoms with Crippen LogP contribution < -0.4 is 11.1 Å². The van der Waals surface area contributed by atoms with Crippen molar-refractivity contribution in [1.82, 2.24) is 5.32 Å². The van der Waals surface area contributed by atoms with Crippen molar-refractivity contribution in [2.75, 3.05) is 7.11 Å². The van der Waals surface area contributed by atoms with E-state index in [9.17, 15) is 9.59 Å². The number of unbranched alkanes of at least 4 members (excludes halogenated alkanes) is 2. The van der Waals surface area contributed by atoms with E-state index in [2.05, 4.69) is 5.32 Å². The average molecular weight is 303 g/mol. The molecule has 3 N–H and O–H groups in total. The number of benzene rings is 1. The van der Waals surface area contributed by atoms with E-state index in [-0.39, 0.29) is 0 Å². The van der Waals surface area contributed by atoms with Gasteiger partial charge < -0.3 is 15.8 Å². The summed E-state index contributed by atoms with van der Waals surface area (Å²) < 4.78 is 5.21. The second kappa shape index (κ2) is 9.53. The van der Waals surface area contributed by atoms with Crippen LogP contribution in [0, 0.1) is 11.3 Å². The van der Waals surface area contributed by atoms with Gasteiger partial charge in [-0.2, -0.15) is 5.26 Å². The van der Waals surface area contributed by atoms with Crippen LogP contribution in [0.25, 0.3) is 0 Å². The van der Waals surface area contributed by atoms with Crippen molar-refractivity contribution in [3.8, 4) is 6.07 Å². The average Bonchev–Trinajstić information content (AvgIpc) is 2.52. The molecule has 0 aromatic heterocycles. The van der Waals surface area contributed by atoms with Crippen molar-refractivity contribution in [3.05, 3.63) is 35.9 Å². The van der Waals surface area contributed by atoms with E-state index in [0.29, 0.717) is 31.2 Å². The molecule has 1 aromatic carbocycles. The molecular formula is C16H21N3O3. The highest BCUT2D eigenvalue weighted by Gasteiger charge is 2.24. The molecule has 1 rings (SSSR count). The first kappa shape index (κ1) is 17.7. The lowest BCUT2D eigenvalue weighted by Crippen LogP contribution is -2.46. The van der Waals surface area contributed by atoms with Gasteiger partial charge in [0.05, 0.1) is 6.07 Å². The zero-order valence-corrected chi connectivity index (χ0v) is 12.6. The van der Waals surface area contributed by atoms with Crippen LogP contribution >= 0.6 is 0 Å². The van der Waals surface area contributed by atoms with Crippen LogP contribution in [0.5, 0.6) is 0 Å². The Hall–Kier alpha value is -2.39. The third-order valence-corrected chi connectivity index (χ3v) is 3.27. The van der Waals surface area contributed by atoms with Crippen LogP contribution in [-0.2, 0) is 14.3 Å². The topological polar surface area (TPSA) is 105 Å². The molecule has 0 saturated heterocycles. The molecule has 0 bridgehead atoms. The van der Waals surface area contributed by atoms with Crippen molar-refractivity contribution in [2.45, 2.75) is 37.8 Å². The van der Waals surface area contributed by atoms with E-state index in [4.69, 9.17) is 15.7 Å². The molecule has 6 nitrogen and oxygen atoms in total. The first-order chi connectivity index (χ1) is 10.6. The molecule has 0 aliphatic carbocycles. The van der Waals surface area contributed by atoms with Crippen molar-refractivity contribution in [1.29, 1.82) is 5.26 Å².